The number of pyridine rings is 1. The number of carbonyl (C=O) groups excluding carboxylic acids is 1. The topological polar surface area (TPSA) is 66.9 Å². The van der Waals surface area contributed by atoms with E-state index in [2.05, 4.69) is 27.3 Å². The average molecular weight is 425 g/mol. The summed E-state index contributed by atoms with van der Waals surface area (Å²) in [7, 11) is 0. The van der Waals surface area contributed by atoms with Crippen LogP contribution in [0.1, 0.15) is 39.3 Å². The van der Waals surface area contributed by atoms with Crippen molar-refractivity contribution < 1.29 is 14.3 Å². The number of nitrogens with zero attached hydrogens (tertiary/aromatic N) is 3. The lowest BCUT2D eigenvalue weighted by molar-refractivity contribution is 0.0203. The molecule has 31 heavy (non-hydrogen) atoms. The van der Waals surface area contributed by atoms with Crippen LogP contribution in [0.15, 0.2) is 36.5 Å². The molecule has 0 saturated carbocycles. The van der Waals surface area contributed by atoms with E-state index in [1.165, 1.54) is 0 Å². The number of amides is 1. The van der Waals surface area contributed by atoms with E-state index >= 15 is 0 Å². The third-order valence-corrected chi connectivity index (χ3v) is 5.72. The maximum Gasteiger partial charge on any atom is 0.410 e. The minimum Gasteiger partial charge on any atom is -0.487 e. The Hall–Kier alpha value is -2.96. The van der Waals surface area contributed by atoms with Gasteiger partial charge >= 0.3 is 6.09 Å². The van der Waals surface area contributed by atoms with Crippen LogP contribution in [0.5, 0.6) is 5.75 Å². The van der Waals surface area contributed by atoms with Crippen LogP contribution in [0.3, 0.4) is 0 Å². The molecule has 2 aromatic rings. The van der Waals surface area contributed by atoms with Gasteiger partial charge in [0, 0.05) is 25.3 Å². The van der Waals surface area contributed by atoms with Gasteiger partial charge in [-0.25, -0.2) is 4.79 Å². The van der Waals surface area contributed by atoms with Gasteiger partial charge in [0.15, 0.2) is 5.75 Å². The molecule has 1 N–H and O–H groups in total. The molecule has 0 unspecified atom stereocenters. The number of aryl methyl sites for hydroxylation is 1. The number of carbonyl (C=O) groups is 1. The standard InChI is InChI=1S/C24H32N4O3/c1-17-19(8-6-12-25-17)26-20-7-5-9-21-22(20)30-16-15-28(21)18-10-13-27(14-11-18)23(29)31-24(2,3)4/h5-9,12,18,26H,10-11,13-16H2,1-4H3. The fourth-order valence-electron chi connectivity index (χ4n) is 4.19. The molecule has 0 radical (unpaired) electrons. The van der Waals surface area contributed by atoms with Crippen molar-refractivity contribution in [1.29, 1.82) is 0 Å². The van der Waals surface area contributed by atoms with E-state index in [-0.39, 0.29) is 6.09 Å². The van der Waals surface area contributed by atoms with Crippen LogP contribution in [0.4, 0.5) is 21.9 Å². The molecule has 0 bridgehead atoms. The summed E-state index contributed by atoms with van der Waals surface area (Å²) < 4.78 is 11.6. The van der Waals surface area contributed by atoms with Crippen molar-refractivity contribution in [3.05, 3.63) is 42.2 Å². The molecule has 1 amide bonds. The van der Waals surface area contributed by atoms with Crippen molar-refractivity contribution in [3.8, 4) is 5.75 Å². The van der Waals surface area contributed by atoms with E-state index in [1.54, 1.807) is 6.20 Å². The summed E-state index contributed by atoms with van der Waals surface area (Å²) in [5.41, 5.74) is 3.51. The van der Waals surface area contributed by atoms with Crippen LogP contribution in [0, 0.1) is 6.92 Å². The number of para-hydroxylation sites is 1. The first-order valence-electron chi connectivity index (χ1n) is 11.0. The van der Waals surface area contributed by atoms with Crippen LogP contribution >= 0.6 is 0 Å². The molecule has 2 aliphatic rings. The molecule has 0 atom stereocenters. The average Bonchev–Trinajstić information content (AvgIpc) is 2.74. The zero-order chi connectivity index (χ0) is 22.0. The number of likely N-dealkylation sites (tertiary alicyclic amines) is 1. The normalized spacial score (nSPS) is 17.0. The second-order valence-electron chi connectivity index (χ2n) is 9.16. The Morgan fingerprint density at radius 2 is 1.87 bits per heavy atom. The summed E-state index contributed by atoms with van der Waals surface area (Å²) in [6, 6.07) is 10.5. The summed E-state index contributed by atoms with van der Waals surface area (Å²) in [6.45, 7) is 10.6. The summed E-state index contributed by atoms with van der Waals surface area (Å²) in [4.78, 5) is 21.0. The van der Waals surface area contributed by atoms with E-state index in [9.17, 15) is 4.79 Å². The number of hydrogen-bond donors (Lipinski definition) is 1. The molecule has 1 saturated heterocycles. The largest absolute Gasteiger partial charge is 0.487 e. The summed E-state index contributed by atoms with van der Waals surface area (Å²) in [5, 5.41) is 3.48. The van der Waals surface area contributed by atoms with Crippen LogP contribution in [-0.2, 0) is 4.74 Å². The van der Waals surface area contributed by atoms with Gasteiger partial charge in [0.05, 0.1) is 29.3 Å². The molecule has 1 fully saturated rings. The highest BCUT2D eigenvalue weighted by Crippen LogP contribution is 2.41. The van der Waals surface area contributed by atoms with Gasteiger partial charge in [0.1, 0.15) is 12.2 Å². The number of anilines is 3. The maximum absolute atomic E-state index is 12.4. The molecule has 0 spiro atoms. The zero-order valence-corrected chi connectivity index (χ0v) is 18.9. The van der Waals surface area contributed by atoms with Crippen molar-refractivity contribution >= 4 is 23.2 Å². The number of benzene rings is 1. The lowest BCUT2D eigenvalue weighted by Gasteiger charge is -2.42. The Kier molecular flexibility index (Phi) is 5.94. The Balaban J connectivity index is 1.47. The maximum atomic E-state index is 12.4. The molecule has 1 aromatic heterocycles. The van der Waals surface area contributed by atoms with Gasteiger partial charge in [-0.2, -0.15) is 0 Å². The van der Waals surface area contributed by atoms with Gasteiger partial charge in [-0.15, -0.1) is 0 Å². The molecule has 7 heteroatoms. The van der Waals surface area contributed by atoms with Crippen LogP contribution in [0.2, 0.25) is 0 Å². The second-order valence-corrected chi connectivity index (χ2v) is 9.16. The van der Waals surface area contributed by atoms with Crippen molar-refractivity contribution in [2.45, 2.75) is 52.2 Å². The molecule has 0 aliphatic carbocycles. The highest BCUT2D eigenvalue weighted by Gasteiger charge is 2.32. The Labute approximate surface area is 184 Å². The molecule has 2 aliphatic heterocycles. The molecule has 166 valence electrons. The minimum absolute atomic E-state index is 0.216. The van der Waals surface area contributed by atoms with E-state index in [0.29, 0.717) is 25.7 Å². The lowest BCUT2D eigenvalue weighted by Crippen LogP contribution is -2.50. The Bertz CT molecular complexity index is 933. The first kappa shape index (κ1) is 21.3. The highest BCUT2D eigenvalue weighted by atomic mass is 16.6. The number of ether oxygens (including phenoxy) is 2. The lowest BCUT2D eigenvalue weighted by atomic mass is 10.0. The number of aromatic nitrogens is 1. The van der Waals surface area contributed by atoms with E-state index in [0.717, 1.165) is 47.9 Å². The number of piperidine rings is 1. The van der Waals surface area contributed by atoms with Gasteiger partial charge < -0.3 is 24.6 Å². The third kappa shape index (κ3) is 4.86. The van der Waals surface area contributed by atoms with Crippen molar-refractivity contribution in [2.75, 3.05) is 36.5 Å². The smallest absolute Gasteiger partial charge is 0.410 e. The molecular weight excluding hydrogens is 392 g/mol. The number of hydrogen-bond acceptors (Lipinski definition) is 6. The molecule has 3 heterocycles. The minimum atomic E-state index is -0.465. The fourth-order valence-corrected chi connectivity index (χ4v) is 4.19. The van der Waals surface area contributed by atoms with Crippen LogP contribution in [0.25, 0.3) is 0 Å². The molecule has 4 rings (SSSR count). The Morgan fingerprint density at radius 1 is 1.13 bits per heavy atom. The van der Waals surface area contributed by atoms with Gasteiger partial charge in [-0.05, 0) is 64.8 Å². The SMILES string of the molecule is Cc1ncccc1Nc1cccc2c1OCCN2C1CCN(C(=O)OC(C)(C)C)CC1. The highest BCUT2D eigenvalue weighted by molar-refractivity contribution is 5.77. The van der Waals surface area contributed by atoms with E-state index in [4.69, 9.17) is 9.47 Å². The van der Waals surface area contributed by atoms with Gasteiger partial charge in [0.25, 0.3) is 0 Å². The van der Waals surface area contributed by atoms with Crippen LogP contribution in [-0.4, -0.2) is 53.9 Å². The first-order chi connectivity index (χ1) is 14.8. The first-order valence-corrected chi connectivity index (χ1v) is 11.0. The van der Waals surface area contributed by atoms with Crippen molar-refractivity contribution in [1.82, 2.24) is 9.88 Å². The summed E-state index contributed by atoms with van der Waals surface area (Å²) in [5.74, 6) is 0.881. The fraction of sp³-hybridized carbons (Fsp3) is 0.500. The van der Waals surface area contributed by atoms with Gasteiger partial charge in [-0.3, -0.25) is 4.98 Å². The molecular formula is C24H32N4O3. The zero-order valence-electron chi connectivity index (χ0n) is 18.9. The summed E-state index contributed by atoms with van der Waals surface area (Å²) in [6.07, 6.45) is 3.41. The number of nitrogens with one attached hydrogen (secondary N) is 1. The van der Waals surface area contributed by atoms with Gasteiger partial charge in [-0.1, -0.05) is 6.07 Å². The van der Waals surface area contributed by atoms with Gasteiger partial charge in [0.2, 0.25) is 0 Å². The van der Waals surface area contributed by atoms with E-state index < -0.39 is 5.60 Å². The monoisotopic (exact) mass is 424 g/mol. The van der Waals surface area contributed by atoms with Crippen molar-refractivity contribution in [3.63, 3.8) is 0 Å². The number of rotatable bonds is 3. The summed E-state index contributed by atoms with van der Waals surface area (Å²) >= 11 is 0. The quantitative estimate of drug-likeness (QED) is 0.768. The van der Waals surface area contributed by atoms with E-state index in [1.807, 2.05) is 50.8 Å². The van der Waals surface area contributed by atoms with Crippen LogP contribution < -0.4 is 15.0 Å². The predicted molar refractivity (Wildman–Crippen MR) is 122 cm³/mol. The molecule has 1 aromatic carbocycles. The predicted octanol–water partition coefficient (Wildman–Crippen LogP) is 4.73. The molecule has 7 nitrogen and oxygen atoms in total. The van der Waals surface area contributed by atoms with Crippen molar-refractivity contribution in [2.24, 2.45) is 0 Å². The number of fused-ring (bicyclic) bond motifs is 1. The third-order valence-electron chi connectivity index (χ3n) is 5.72. The second kappa shape index (κ2) is 8.65. The Morgan fingerprint density at radius 3 is 2.58 bits per heavy atom.